The summed E-state index contributed by atoms with van der Waals surface area (Å²) in [6, 6.07) is 23.9. The van der Waals surface area contributed by atoms with Crippen LogP contribution >= 0.6 is 0 Å². The Morgan fingerprint density at radius 2 is 0.654 bits per heavy atom. The van der Waals surface area contributed by atoms with Crippen LogP contribution in [0.5, 0.6) is 0 Å². The second kappa shape index (κ2) is 32.7. The van der Waals surface area contributed by atoms with Gasteiger partial charge < -0.3 is 50.6 Å². The smallest absolute Gasteiger partial charge is 0.537 e. The van der Waals surface area contributed by atoms with Gasteiger partial charge in [-0.2, -0.15) is 0 Å². The van der Waals surface area contributed by atoms with Gasteiger partial charge in [-0.05, 0) is 86.3 Å². The topological polar surface area (TPSA) is 285 Å². The molecule has 52 heavy (non-hydrogen) atoms. The Kier molecular flexibility index (Phi) is 33.5. The van der Waals surface area contributed by atoms with Crippen molar-refractivity contribution < 1.29 is 84.7 Å². The van der Waals surface area contributed by atoms with Crippen molar-refractivity contribution in [1.29, 1.82) is 0 Å². The number of hydrogen-bond donors (Lipinski definition) is 0. The predicted molar refractivity (Wildman–Crippen MR) is 173 cm³/mol. The largest absolute Gasteiger partial charge is 3.00 e. The maximum absolute atomic E-state index is 9.33. The minimum absolute atomic E-state index is 0. The van der Waals surface area contributed by atoms with Crippen LogP contribution in [-0.2, 0) is 90.4 Å². The Bertz CT molecular complexity index is 1440. The Labute approximate surface area is 321 Å². The number of hydrogen-bond acceptors (Lipinski definition) is 14. The molecule has 6 N–H and O–H groups in total. The van der Waals surface area contributed by atoms with Gasteiger partial charge in [-0.15, -0.1) is 0 Å². The molecule has 0 radical (unpaired) electrons. The number of pyridine rings is 4. The summed E-state index contributed by atoms with van der Waals surface area (Å²) in [5.74, 6) is -1.96. The number of aliphatic carboxylic acids is 4. The SMILES string of the molecule is CN(Cc1ccccn1)Cc1ccccn1.CN(Cc1ccccn1)Cc1ccccn1.O=C([O-])C#CC(=O)[O-].O=C([O-])C#CC(=O)[O-].[Mn+3].[Mn+3].[OH3+].[OH3+]. The maximum atomic E-state index is 9.33. The van der Waals surface area contributed by atoms with Crippen LogP contribution in [-0.4, -0.2) is 67.7 Å². The number of carboxylic acids is 4. The fourth-order valence-electron chi connectivity index (χ4n) is 3.39. The molecule has 0 spiro atoms. The molecule has 4 heterocycles. The van der Waals surface area contributed by atoms with Crippen LogP contribution in [0, 0.1) is 23.7 Å². The van der Waals surface area contributed by atoms with Crippen LogP contribution < -0.4 is 20.4 Å². The van der Waals surface area contributed by atoms with Crippen molar-refractivity contribution in [1.82, 2.24) is 29.7 Å². The van der Waals surface area contributed by atoms with Crippen molar-refractivity contribution in [3.8, 4) is 23.7 Å². The van der Waals surface area contributed by atoms with E-state index in [1.165, 1.54) is 23.7 Å². The Morgan fingerprint density at radius 3 is 0.788 bits per heavy atom. The van der Waals surface area contributed by atoms with E-state index in [1.54, 1.807) is 0 Å². The number of rotatable bonds is 8. The zero-order valence-electron chi connectivity index (χ0n) is 27.9. The summed E-state index contributed by atoms with van der Waals surface area (Å²) >= 11 is 0. The predicted octanol–water partition coefficient (Wildman–Crippen LogP) is -4.65. The van der Waals surface area contributed by atoms with E-state index >= 15 is 0 Å². The molecule has 0 unspecified atom stereocenters. The molecule has 0 saturated carbocycles. The molecule has 4 aromatic rings. The number of carbonyl (C=O) groups excluding carboxylic acids is 4. The second-order valence-corrected chi connectivity index (χ2v) is 9.28. The van der Waals surface area contributed by atoms with Gasteiger partial charge in [0.25, 0.3) is 0 Å². The van der Waals surface area contributed by atoms with Gasteiger partial charge in [0, 0.05) is 51.0 Å². The molecular weight excluding hydrogens is 762 g/mol. The van der Waals surface area contributed by atoms with Crippen LogP contribution in [0.2, 0.25) is 0 Å². The van der Waals surface area contributed by atoms with Crippen LogP contribution in [0.3, 0.4) is 0 Å². The molecule has 0 bridgehead atoms. The first kappa shape index (κ1) is 53.3. The fraction of sp³-hybridized carbons (Fsp3) is 0.176. The van der Waals surface area contributed by atoms with Crippen LogP contribution in [0.1, 0.15) is 22.8 Å². The summed E-state index contributed by atoms with van der Waals surface area (Å²) in [6.07, 6.45) is 7.29. The fourth-order valence-corrected chi connectivity index (χ4v) is 3.39. The van der Waals surface area contributed by atoms with Crippen LogP contribution in [0.15, 0.2) is 97.6 Å². The average Bonchev–Trinajstić information content (AvgIpc) is 3.05. The van der Waals surface area contributed by atoms with E-state index in [-0.39, 0.29) is 45.1 Å². The summed E-state index contributed by atoms with van der Waals surface area (Å²) < 4.78 is 0. The van der Waals surface area contributed by atoms with Gasteiger partial charge >= 0.3 is 34.1 Å². The Hall–Kier alpha value is -5.52. The quantitative estimate of drug-likeness (QED) is 0.0921. The van der Waals surface area contributed by atoms with Gasteiger partial charge in [0.1, 0.15) is 23.9 Å². The summed E-state index contributed by atoms with van der Waals surface area (Å²) in [5, 5.41) is 37.3. The molecule has 0 fully saturated rings. The van der Waals surface area contributed by atoms with Gasteiger partial charge in [0.05, 0.1) is 22.8 Å². The molecule has 0 aliphatic heterocycles. The van der Waals surface area contributed by atoms with Crippen molar-refractivity contribution in [2.45, 2.75) is 26.2 Å². The maximum Gasteiger partial charge on any atom is 3.00 e. The number of carboxylic acid groups (broad SMARTS) is 4. The minimum Gasteiger partial charge on any atom is -0.537 e. The first-order valence-corrected chi connectivity index (χ1v) is 13.8. The molecule has 0 amide bonds. The van der Waals surface area contributed by atoms with Crippen molar-refractivity contribution in [2.75, 3.05) is 14.1 Å². The molecule has 0 aromatic carbocycles. The standard InChI is InChI=1S/2C13H15N3.2C4H2O4.2Mn.2H2O/c2*1-16(10-12-6-2-4-8-14-12)11-13-7-3-5-9-15-13;2*5-3(6)1-2-4(7)8;;;;/h2*2-9H,10-11H2,1H3;2*(H,5,6)(H,7,8);;;2*1H2/q;;;;2*+3;;/p-2. The van der Waals surface area contributed by atoms with E-state index in [9.17, 15) is 39.6 Å². The molecule has 4 rings (SSSR count). The van der Waals surface area contributed by atoms with Gasteiger partial charge in [0.15, 0.2) is 0 Å². The summed E-state index contributed by atoms with van der Waals surface area (Å²) in [6.45, 7) is 3.38. The van der Waals surface area contributed by atoms with Gasteiger partial charge in [0.2, 0.25) is 0 Å². The summed E-state index contributed by atoms with van der Waals surface area (Å²) in [5.41, 5.74) is 4.34. The molecule has 16 nitrogen and oxygen atoms in total. The van der Waals surface area contributed by atoms with E-state index in [1.807, 2.05) is 97.6 Å². The average molecular weight is 799 g/mol. The first-order valence-electron chi connectivity index (χ1n) is 13.8. The molecule has 18 heteroatoms. The van der Waals surface area contributed by atoms with Crippen LogP contribution in [0.25, 0.3) is 0 Å². The second-order valence-electron chi connectivity index (χ2n) is 9.28. The minimum atomic E-state index is -1.73. The van der Waals surface area contributed by atoms with E-state index < -0.39 is 23.9 Å². The molecule has 0 aliphatic carbocycles. The first-order chi connectivity index (χ1) is 22.9. The summed E-state index contributed by atoms with van der Waals surface area (Å²) in [7, 11) is 4.15. The zero-order valence-corrected chi connectivity index (χ0v) is 30.3. The van der Waals surface area contributed by atoms with Crippen molar-refractivity contribution >= 4 is 23.9 Å². The van der Waals surface area contributed by atoms with Crippen molar-refractivity contribution in [2.24, 2.45) is 0 Å². The van der Waals surface area contributed by atoms with Crippen molar-refractivity contribution in [3.05, 3.63) is 120 Å². The molecule has 4 aromatic heterocycles. The van der Waals surface area contributed by atoms with Gasteiger partial charge in [-0.25, -0.2) is 0 Å². The third-order valence-electron chi connectivity index (χ3n) is 5.17. The Morgan fingerprint density at radius 1 is 0.462 bits per heavy atom. The van der Waals surface area contributed by atoms with E-state index in [0.29, 0.717) is 0 Å². The van der Waals surface area contributed by atoms with E-state index in [4.69, 9.17) is 0 Å². The monoisotopic (exact) mass is 798 g/mol. The molecule has 0 aliphatic rings. The third kappa shape index (κ3) is 30.5. The molecular formula is C34H36Mn2N6O10+4. The zero-order chi connectivity index (χ0) is 35.6. The summed E-state index contributed by atoms with van der Waals surface area (Å²) in [4.78, 5) is 58.9. The molecule has 0 saturated heterocycles. The van der Waals surface area contributed by atoms with Crippen LogP contribution in [0.4, 0.5) is 0 Å². The number of aromatic nitrogens is 4. The van der Waals surface area contributed by atoms with Gasteiger partial charge in [-0.3, -0.25) is 29.7 Å². The number of carbonyl (C=O) groups is 4. The van der Waals surface area contributed by atoms with E-state index in [2.05, 4.69) is 43.8 Å². The molecule has 0 atom stereocenters. The van der Waals surface area contributed by atoms with E-state index in [0.717, 1.165) is 49.0 Å². The third-order valence-corrected chi connectivity index (χ3v) is 5.17. The molecule has 272 valence electrons. The van der Waals surface area contributed by atoms with Gasteiger partial charge in [-0.1, -0.05) is 24.3 Å². The Balaban J connectivity index is -0.000000303. The number of nitrogens with zero attached hydrogens (tertiary/aromatic N) is 6. The van der Waals surface area contributed by atoms with Crippen molar-refractivity contribution in [3.63, 3.8) is 0 Å². The normalized spacial score (nSPS) is 8.54.